The molecule has 0 unspecified atom stereocenters. The van der Waals surface area contributed by atoms with Crippen molar-refractivity contribution in [1.82, 2.24) is 10.2 Å². The molecule has 2 aromatic heterocycles. The van der Waals surface area contributed by atoms with Gasteiger partial charge in [-0.05, 0) is 43.7 Å². The molecule has 1 amide bonds. The Kier molecular flexibility index (Phi) is 4.81. The molecule has 0 spiro atoms. The van der Waals surface area contributed by atoms with Crippen LogP contribution in [0, 0.1) is 6.92 Å². The number of hydrogen-bond donors (Lipinski definition) is 0. The standard InChI is InChI=1S/C19H17N3O4S/c1-12-15(8-10-25-12)18-20-21-19(26-18)27-11-16(23)13-4-6-14(7-5-13)22-9-2-3-17(22)24/h4-8,10H,2-3,9,11H2,1H3. The highest BCUT2D eigenvalue weighted by atomic mass is 32.2. The predicted octanol–water partition coefficient (Wildman–Crippen LogP) is 3.74. The second-order valence-electron chi connectivity index (χ2n) is 6.17. The average Bonchev–Trinajstić information content (AvgIpc) is 3.41. The second kappa shape index (κ2) is 7.40. The number of rotatable bonds is 6. The molecule has 3 heterocycles. The van der Waals surface area contributed by atoms with Crippen molar-refractivity contribution in [1.29, 1.82) is 0 Å². The molecule has 4 rings (SSSR count). The third-order valence-electron chi connectivity index (χ3n) is 4.40. The van der Waals surface area contributed by atoms with E-state index in [-0.39, 0.29) is 17.4 Å². The van der Waals surface area contributed by atoms with E-state index < -0.39 is 0 Å². The zero-order chi connectivity index (χ0) is 18.8. The number of amides is 1. The summed E-state index contributed by atoms with van der Waals surface area (Å²) >= 11 is 1.19. The summed E-state index contributed by atoms with van der Waals surface area (Å²) in [6.07, 6.45) is 3.02. The fourth-order valence-corrected chi connectivity index (χ4v) is 3.60. The lowest BCUT2D eigenvalue weighted by atomic mass is 10.1. The van der Waals surface area contributed by atoms with E-state index in [1.165, 1.54) is 11.8 Å². The van der Waals surface area contributed by atoms with Crippen molar-refractivity contribution in [3.8, 4) is 11.5 Å². The average molecular weight is 383 g/mol. The number of carbonyl (C=O) groups excluding carboxylic acids is 2. The molecule has 0 N–H and O–H groups in total. The molecule has 1 saturated heterocycles. The van der Waals surface area contributed by atoms with E-state index in [1.54, 1.807) is 29.4 Å². The maximum Gasteiger partial charge on any atom is 0.277 e. The first-order valence-corrected chi connectivity index (χ1v) is 9.55. The number of furan rings is 1. The number of aryl methyl sites for hydroxylation is 1. The van der Waals surface area contributed by atoms with E-state index in [0.29, 0.717) is 28.9 Å². The van der Waals surface area contributed by atoms with Gasteiger partial charge in [-0.15, -0.1) is 10.2 Å². The fraction of sp³-hybridized carbons (Fsp3) is 0.263. The highest BCUT2D eigenvalue weighted by Gasteiger charge is 2.22. The number of aromatic nitrogens is 2. The van der Waals surface area contributed by atoms with Gasteiger partial charge in [-0.3, -0.25) is 9.59 Å². The van der Waals surface area contributed by atoms with Crippen molar-refractivity contribution in [2.24, 2.45) is 0 Å². The summed E-state index contributed by atoms with van der Waals surface area (Å²) < 4.78 is 10.8. The van der Waals surface area contributed by atoms with Gasteiger partial charge in [0.1, 0.15) is 5.76 Å². The lowest BCUT2D eigenvalue weighted by molar-refractivity contribution is -0.117. The van der Waals surface area contributed by atoms with Gasteiger partial charge in [0.05, 0.1) is 17.6 Å². The van der Waals surface area contributed by atoms with E-state index in [9.17, 15) is 9.59 Å². The number of thioether (sulfide) groups is 1. The van der Waals surface area contributed by atoms with Crippen LogP contribution in [0.3, 0.4) is 0 Å². The summed E-state index contributed by atoms with van der Waals surface area (Å²) in [5.74, 6) is 1.34. The Balaban J connectivity index is 1.37. The van der Waals surface area contributed by atoms with Crippen LogP contribution in [-0.2, 0) is 4.79 Å². The number of benzene rings is 1. The van der Waals surface area contributed by atoms with Crippen LogP contribution >= 0.6 is 11.8 Å². The third kappa shape index (κ3) is 3.66. The van der Waals surface area contributed by atoms with Gasteiger partial charge in [0.2, 0.25) is 5.91 Å². The molecular weight excluding hydrogens is 366 g/mol. The van der Waals surface area contributed by atoms with Gasteiger partial charge in [0.25, 0.3) is 11.1 Å². The van der Waals surface area contributed by atoms with E-state index in [1.807, 2.05) is 19.1 Å². The van der Waals surface area contributed by atoms with Crippen LogP contribution in [0.1, 0.15) is 29.0 Å². The molecular formula is C19H17N3O4S. The summed E-state index contributed by atoms with van der Waals surface area (Å²) in [6, 6.07) is 8.88. The lowest BCUT2D eigenvalue weighted by Crippen LogP contribution is -2.23. The Bertz CT molecular complexity index is 977. The largest absolute Gasteiger partial charge is 0.469 e. The normalized spacial score (nSPS) is 14.1. The Morgan fingerprint density at radius 1 is 1.22 bits per heavy atom. The maximum atomic E-state index is 12.4. The molecule has 138 valence electrons. The van der Waals surface area contributed by atoms with Crippen molar-refractivity contribution in [2.75, 3.05) is 17.2 Å². The van der Waals surface area contributed by atoms with Gasteiger partial charge in [0, 0.05) is 24.2 Å². The Labute approximate surface area is 159 Å². The van der Waals surface area contributed by atoms with Gasteiger partial charge in [-0.1, -0.05) is 11.8 Å². The topological polar surface area (TPSA) is 89.4 Å². The molecule has 0 radical (unpaired) electrons. The SMILES string of the molecule is Cc1occc1-c1nnc(SCC(=O)c2ccc(N3CCCC3=O)cc2)o1. The minimum atomic E-state index is -0.0430. The third-order valence-corrected chi connectivity index (χ3v) is 5.22. The molecule has 0 bridgehead atoms. The highest BCUT2D eigenvalue weighted by molar-refractivity contribution is 7.99. The zero-order valence-corrected chi connectivity index (χ0v) is 15.5. The first-order chi connectivity index (χ1) is 13.1. The van der Waals surface area contributed by atoms with E-state index in [4.69, 9.17) is 8.83 Å². The van der Waals surface area contributed by atoms with E-state index in [0.717, 1.165) is 24.2 Å². The molecule has 1 aliphatic rings. The molecule has 1 aliphatic heterocycles. The first-order valence-electron chi connectivity index (χ1n) is 8.56. The van der Waals surface area contributed by atoms with Gasteiger partial charge in [-0.25, -0.2) is 0 Å². The van der Waals surface area contributed by atoms with Crippen LogP contribution in [0.5, 0.6) is 0 Å². The van der Waals surface area contributed by atoms with Crippen LogP contribution < -0.4 is 4.90 Å². The Hall–Kier alpha value is -2.87. The predicted molar refractivity (Wildman–Crippen MR) is 99.8 cm³/mol. The molecule has 0 aliphatic carbocycles. The maximum absolute atomic E-state index is 12.4. The quantitative estimate of drug-likeness (QED) is 0.473. The summed E-state index contributed by atoms with van der Waals surface area (Å²) in [5, 5.41) is 8.28. The minimum Gasteiger partial charge on any atom is -0.469 e. The summed E-state index contributed by atoms with van der Waals surface area (Å²) in [5.41, 5.74) is 2.16. The first kappa shape index (κ1) is 17.5. The smallest absolute Gasteiger partial charge is 0.277 e. The van der Waals surface area contributed by atoms with E-state index >= 15 is 0 Å². The molecule has 3 aromatic rings. The van der Waals surface area contributed by atoms with Gasteiger partial charge in [0.15, 0.2) is 5.78 Å². The summed E-state index contributed by atoms with van der Waals surface area (Å²) in [6.45, 7) is 2.55. The second-order valence-corrected chi connectivity index (χ2v) is 7.10. The van der Waals surface area contributed by atoms with Crippen LogP contribution in [0.4, 0.5) is 5.69 Å². The van der Waals surface area contributed by atoms with Crippen LogP contribution in [0.25, 0.3) is 11.5 Å². The number of hydrogen-bond acceptors (Lipinski definition) is 7. The van der Waals surface area contributed by atoms with Crippen molar-refractivity contribution in [3.05, 3.63) is 47.9 Å². The molecule has 27 heavy (non-hydrogen) atoms. The number of anilines is 1. The van der Waals surface area contributed by atoms with E-state index in [2.05, 4.69) is 10.2 Å². The molecule has 1 aromatic carbocycles. The number of nitrogens with zero attached hydrogens (tertiary/aromatic N) is 3. The summed E-state index contributed by atoms with van der Waals surface area (Å²) in [7, 11) is 0. The Morgan fingerprint density at radius 2 is 2.04 bits per heavy atom. The van der Waals surface area contributed by atoms with Crippen molar-refractivity contribution < 1.29 is 18.4 Å². The zero-order valence-electron chi connectivity index (χ0n) is 14.7. The monoisotopic (exact) mass is 383 g/mol. The summed E-state index contributed by atoms with van der Waals surface area (Å²) in [4.78, 5) is 25.9. The van der Waals surface area contributed by atoms with Gasteiger partial charge < -0.3 is 13.7 Å². The van der Waals surface area contributed by atoms with Crippen molar-refractivity contribution in [3.63, 3.8) is 0 Å². The number of Topliss-reactive ketones (excluding diaryl/α,β-unsaturated/α-hetero) is 1. The molecule has 7 nitrogen and oxygen atoms in total. The highest BCUT2D eigenvalue weighted by Crippen LogP contribution is 2.27. The molecule has 1 fully saturated rings. The van der Waals surface area contributed by atoms with Crippen LogP contribution in [0.15, 0.2) is 50.7 Å². The van der Waals surface area contributed by atoms with Gasteiger partial charge >= 0.3 is 0 Å². The van der Waals surface area contributed by atoms with Crippen LogP contribution in [-0.4, -0.2) is 34.2 Å². The number of carbonyl (C=O) groups is 2. The molecule has 0 saturated carbocycles. The van der Waals surface area contributed by atoms with Gasteiger partial charge in [-0.2, -0.15) is 0 Å². The Morgan fingerprint density at radius 3 is 2.70 bits per heavy atom. The van der Waals surface area contributed by atoms with Crippen molar-refractivity contribution >= 4 is 29.1 Å². The van der Waals surface area contributed by atoms with Crippen molar-refractivity contribution in [2.45, 2.75) is 25.0 Å². The minimum absolute atomic E-state index is 0.0430. The molecule has 0 atom stereocenters. The molecule has 8 heteroatoms. The lowest BCUT2D eigenvalue weighted by Gasteiger charge is -2.15. The fourth-order valence-electron chi connectivity index (χ4n) is 2.94. The van der Waals surface area contributed by atoms with Crippen LogP contribution in [0.2, 0.25) is 0 Å². The number of ketones is 1.